The zero-order chi connectivity index (χ0) is 20.6. The summed E-state index contributed by atoms with van der Waals surface area (Å²) in [5.74, 6) is -0.555. The molecule has 0 fully saturated rings. The van der Waals surface area contributed by atoms with Crippen LogP contribution in [0.3, 0.4) is 0 Å². The molecular weight excluding hydrogens is 373 g/mol. The summed E-state index contributed by atoms with van der Waals surface area (Å²) in [5, 5.41) is 5.07. The lowest BCUT2D eigenvalue weighted by atomic mass is 10.1. The molecule has 28 heavy (non-hydrogen) atoms. The second-order valence-electron chi connectivity index (χ2n) is 5.46. The number of amides is 1. The number of hydrogen-bond acceptors (Lipinski definition) is 4. The Morgan fingerprint density at radius 2 is 1.82 bits per heavy atom. The summed E-state index contributed by atoms with van der Waals surface area (Å²) in [5.41, 5.74) is -1.23. The molecule has 0 atom stereocenters. The number of carbonyl (C=O) groups excluding carboxylic acids is 2. The third-order valence-corrected chi connectivity index (χ3v) is 3.46. The Morgan fingerprint density at radius 1 is 1.11 bits per heavy atom. The van der Waals surface area contributed by atoms with Crippen molar-refractivity contribution in [1.82, 2.24) is 10.6 Å². The Balaban J connectivity index is 2.42. The van der Waals surface area contributed by atoms with Gasteiger partial charge in [-0.25, -0.2) is 0 Å². The summed E-state index contributed by atoms with van der Waals surface area (Å²) in [6, 6.07) is 10.9. The number of allylic oxidation sites excluding steroid dienone is 2. The van der Waals surface area contributed by atoms with Gasteiger partial charge in [0.2, 0.25) is 0 Å². The average molecular weight is 390 g/mol. The van der Waals surface area contributed by atoms with Crippen molar-refractivity contribution in [1.29, 1.82) is 0 Å². The summed E-state index contributed by atoms with van der Waals surface area (Å²) in [4.78, 5) is 23.3. The SMILES string of the molecule is CN/C=C\C(=C/C=O)NC(=O)c1cc(C(F)(F)F)ccc1Oc1ccccc1. The summed E-state index contributed by atoms with van der Waals surface area (Å²) in [6.07, 6.45) is -0.283. The van der Waals surface area contributed by atoms with Crippen molar-refractivity contribution in [2.45, 2.75) is 6.18 Å². The second kappa shape index (κ2) is 9.40. The van der Waals surface area contributed by atoms with Crippen molar-refractivity contribution in [3.05, 3.63) is 83.7 Å². The maximum atomic E-state index is 13.1. The molecule has 0 aromatic heterocycles. The van der Waals surface area contributed by atoms with Crippen LogP contribution in [0.15, 0.2) is 72.6 Å². The van der Waals surface area contributed by atoms with E-state index in [4.69, 9.17) is 4.74 Å². The fourth-order valence-corrected chi connectivity index (χ4v) is 2.17. The van der Waals surface area contributed by atoms with E-state index in [-0.39, 0.29) is 17.0 Å². The van der Waals surface area contributed by atoms with E-state index in [1.165, 1.54) is 12.3 Å². The van der Waals surface area contributed by atoms with Crippen LogP contribution in [0.2, 0.25) is 0 Å². The summed E-state index contributed by atoms with van der Waals surface area (Å²) >= 11 is 0. The molecule has 0 bridgehead atoms. The van der Waals surface area contributed by atoms with Crippen LogP contribution in [0, 0.1) is 0 Å². The molecule has 0 aliphatic rings. The van der Waals surface area contributed by atoms with Crippen LogP contribution in [-0.2, 0) is 11.0 Å². The third kappa shape index (κ3) is 5.73. The first-order chi connectivity index (χ1) is 13.3. The predicted molar refractivity (Wildman–Crippen MR) is 97.8 cm³/mol. The fourth-order valence-electron chi connectivity index (χ4n) is 2.17. The van der Waals surface area contributed by atoms with E-state index in [1.54, 1.807) is 37.4 Å². The molecule has 0 heterocycles. The molecule has 8 heteroatoms. The van der Waals surface area contributed by atoms with E-state index in [1.807, 2.05) is 0 Å². The number of hydrogen-bond donors (Lipinski definition) is 2. The first-order valence-corrected chi connectivity index (χ1v) is 8.10. The van der Waals surface area contributed by atoms with Crippen molar-refractivity contribution in [2.24, 2.45) is 0 Å². The summed E-state index contributed by atoms with van der Waals surface area (Å²) < 4.78 is 44.8. The molecule has 2 aromatic carbocycles. The minimum absolute atomic E-state index is 0.0558. The number of alkyl halides is 3. The van der Waals surface area contributed by atoms with Gasteiger partial charge in [0.15, 0.2) is 0 Å². The minimum Gasteiger partial charge on any atom is -0.457 e. The van der Waals surface area contributed by atoms with Crippen LogP contribution in [0.1, 0.15) is 15.9 Å². The molecule has 2 N–H and O–H groups in total. The molecule has 0 saturated carbocycles. The molecule has 0 radical (unpaired) electrons. The van der Waals surface area contributed by atoms with Gasteiger partial charge in [0.25, 0.3) is 5.91 Å². The van der Waals surface area contributed by atoms with Gasteiger partial charge in [-0.15, -0.1) is 0 Å². The van der Waals surface area contributed by atoms with Gasteiger partial charge < -0.3 is 15.4 Å². The zero-order valence-corrected chi connectivity index (χ0v) is 14.8. The third-order valence-electron chi connectivity index (χ3n) is 3.46. The van der Waals surface area contributed by atoms with Crippen LogP contribution < -0.4 is 15.4 Å². The van der Waals surface area contributed by atoms with E-state index in [9.17, 15) is 22.8 Å². The molecule has 0 aliphatic heterocycles. The average Bonchev–Trinajstić information content (AvgIpc) is 2.66. The summed E-state index contributed by atoms with van der Waals surface area (Å²) in [7, 11) is 1.61. The Morgan fingerprint density at radius 3 is 2.43 bits per heavy atom. The van der Waals surface area contributed by atoms with Gasteiger partial charge >= 0.3 is 6.18 Å². The van der Waals surface area contributed by atoms with E-state index < -0.39 is 17.6 Å². The van der Waals surface area contributed by atoms with Gasteiger partial charge in [-0.05, 0) is 42.6 Å². The van der Waals surface area contributed by atoms with Crippen molar-refractivity contribution in [3.63, 3.8) is 0 Å². The lowest BCUT2D eigenvalue weighted by Crippen LogP contribution is -2.23. The van der Waals surface area contributed by atoms with Gasteiger partial charge in [-0.1, -0.05) is 18.2 Å². The highest BCUT2D eigenvalue weighted by Crippen LogP contribution is 2.34. The van der Waals surface area contributed by atoms with Crippen molar-refractivity contribution in [3.8, 4) is 11.5 Å². The van der Waals surface area contributed by atoms with Gasteiger partial charge in [0.1, 0.15) is 17.8 Å². The first-order valence-electron chi connectivity index (χ1n) is 8.10. The number of halogens is 3. The highest BCUT2D eigenvalue weighted by molar-refractivity contribution is 5.98. The monoisotopic (exact) mass is 390 g/mol. The highest BCUT2D eigenvalue weighted by Gasteiger charge is 2.32. The molecule has 2 rings (SSSR count). The number of rotatable bonds is 7. The topological polar surface area (TPSA) is 67.4 Å². The van der Waals surface area contributed by atoms with Gasteiger partial charge in [-0.2, -0.15) is 13.2 Å². The van der Waals surface area contributed by atoms with Crippen LogP contribution in [0.4, 0.5) is 13.2 Å². The molecule has 0 saturated heterocycles. The number of carbonyl (C=O) groups is 2. The number of nitrogens with one attached hydrogen (secondary N) is 2. The minimum atomic E-state index is -4.63. The highest BCUT2D eigenvalue weighted by atomic mass is 19.4. The van der Waals surface area contributed by atoms with E-state index in [2.05, 4.69) is 10.6 Å². The van der Waals surface area contributed by atoms with Crippen LogP contribution in [0.5, 0.6) is 11.5 Å². The van der Waals surface area contributed by atoms with Crippen molar-refractivity contribution >= 4 is 12.2 Å². The van der Waals surface area contributed by atoms with Gasteiger partial charge in [-0.3, -0.25) is 9.59 Å². The molecule has 1 amide bonds. The number of aldehydes is 1. The number of ether oxygens (including phenoxy) is 1. The van der Waals surface area contributed by atoms with Crippen molar-refractivity contribution in [2.75, 3.05) is 7.05 Å². The Labute approximate surface area is 159 Å². The van der Waals surface area contributed by atoms with Crippen molar-refractivity contribution < 1.29 is 27.5 Å². The first kappa shape index (κ1) is 20.8. The molecule has 5 nitrogen and oxygen atoms in total. The van der Waals surface area contributed by atoms with E-state index >= 15 is 0 Å². The Hall–Kier alpha value is -3.55. The molecule has 0 aliphatic carbocycles. The lowest BCUT2D eigenvalue weighted by molar-refractivity contribution is -0.137. The largest absolute Gasteiger partial charge is 0.457 e. The molecule has 0 spiro atoms. The van der Waals surface area contributed by atoms with Crippen LogP contribution in [-0.4, -0.2) is 19.2 Å². The normalized spacial score (nSPS) is 11.9. The Bertz CT molecular complexity index is 891. The smallest absolute Gasteiger partial charge is 0.416 e. The van der Waals surface area contributed by atoms with Gasteiger partial charge in [0.05, 0.1) is 11.1 Å². The summed E-state index contributed by atoms with van der Waals surface area (Å²) in [6.45, 7) is 0. The second-order valence-corrected chi connectivity index (χ2v) is 5.46. The molecule has 0 unspecified atom stereocenters. The molecular formula is C20H17F3N2O3. The molecule has 2 aromatic rings. The molecule has 146 valence electrons. The van der Waals surface area contributed by atoms with E-state index in [0.29, 0.717) is 18.1 Å². The predicted octanol–water partition coefficient (Wildman–Crippen LogP) is 4.04. The number of para-hydroxylation sites is 1. The van der Waals surface area contributed by atoms with Gasteiger partial charge in [0, 0.05) is 18.8 Å². The zero-order valence-electron chi connectivity index (χ0n) is 14.8. The maximum Gasteiger partial charge on any atom is 0.416 e. The maximum absolute atomic E-state index is 13.1. The Kier molecular flexibility index (Phi) is 6.97. The number of benzene rings is 2. The van der Waals surface area contributed by atoms with Crippen LogP contribution in [0.25, 0.3) is 0 Å². The lowest BCUT2D eigenvalue weighted by Gasteiger charge is -2.14. The van der Waals surface area contributed by atoms with Crippen LogP contribution >= 0.6 is 0 Å². The fraction of sp³-hybridized carbons (Fsp3) is 0.100. The standard InChI is InChI=1S/C20H17F3N2O3/c1-24-11-9-15(10-12-26)25-19(27)17-13-14(20(21,22)23)7-8-18(17)28-16-5-3-2-4-6-16/h2-13,24H,1H3,(H,25,27)/b11-9-,15-10+. The van der Waals surface area contributed by atoms with E-state index in [0.717, 1.165) is 18.2 Å². The quantitative estimate of drug-likeness (QED) is 0.425.